The second kappa shape index (κ2) is 3.16. The van der Waals surface area contributed by atoms with Crippen LogP contribution in [0.5, 0.6) is 0 Å². The Hall–Kier alpha value is -1.39. The first-order chi connectivity index (χ1) is 6.25. The van der Waals surface area contributed by atoms with Crippen molar-refractivity contribution in [1.29, 1.82) is 0 Å². The molecule has 1 heterocycles. The molecule has 0 amide bonds. The van der Waals surface area contributed by atoms with E-state index in [0.29, 0.717) is 5.92 Å². The van der Waals surface area contributed by atoms with Crippen LogP contribution < -0.4 is 0 Å². The molecule has 0 aliphatic heterocycles. The van der Waals surface area contributed by atoms with Gasteiger partial charge in [-0.15, -0.1) is 5.10 Å². The van der Waals surface area contributed by atoms with E-state index >= 15 is 0 Å². The third-order valence-electron chi connectivity index (χ3n) is 2.40. The maximum absolute atomic E-state index is 10.4. The quantitative estimate of drug-likeness (QED) is 0.748. The lowest BCUT2D eigenvalue weighted by Gasteiger charge is -2.24. The zero-order valence-corrected chi connectivity index (χ0v) is 7.18. The van der Waals surface area contributed by atoms with Crippen LogP contribution in [-0.4, -0.2) is 25.8 Å². The van der Waals surface area contributed by atoms with Gasteiger partial charge in [0.1, 0.15) is 6.33 Å². The zero-order chi connectivity index (χ0) is 9.26. The van der Waals surface area contributed by atoms with Gasteiger partial charge in [-0.1, -0.05) is 6.42 Å². The third kappa shape index (κ3) is 1.68. The number of aromatic carboxylic acids is 1. The van der Waals surface area contributed by atoms with E-state index in [-0.39, 0.29) is 5.82 Å². The summed E-state index contributed by atoms with van der Waals surface area (Å²) >= 11 is 0. The van der Waals surface area contributed by atoms with Crippen molar-refractivity contribution in [3.63, 3.8) is 0 Å². The van der Waals surface area contributed by atoms with Gasteiger partial charge in [-0.3, -0.25) is 4.68 Å². The van der Waals surface area contributed by atoms with Crippen molar-refractivity contribution in [2.75, 3.05) is 0 Å². The molecular weight excluding hydrogens is 170 g/mol. The first kappa shape index (κ1) is 8.22. The van der Waals surface area contributed by atoms with Gasteiger partial charge in [-0.05, 0) is 18.8 Å². The number of carbonyl (C=O) groups is 1. The van der Waals surface area contributed by atoms with Gasteiger partial charge >= 0.3 is 5.97 Å². The Labute approximate surface area is 75.4 Å². The van der Waals surface area contributed by atoms with Crippen molar-refractivity contribution in [2.45, 2.75) is 25.8 Å². The average Bonchev–Trinajstić information content (AvgIpc) is 2.44. The summed E-state index contributed by atoms with van der Waals surface area (Å²) in [6, 6.07) is 0. The molecular formula is C8H11N3O2. The molecule has 2 rings (SSSR count). The van der Waals surface area contributed by atoms with Crippen molar-refractivity contribution in [2.24, 2.45) is 5.92 Å². The van der Waals surface area contributed by atoms with Crippen LogP contribution in [0.15, 0.2) is 6.33 Å². The van der Waals surface area contributed by atoms with Gasteiger partial charge in [-0.25, -0.2) is 9.78 Å². The lowest BCUT2D eigenvalue weighted by molar-refractivity contribution is 0.0683. The Bertz CT molecular complexity index is 317. The normalized spacial score (nSPS) is 16.9. The van der Waals surface area contributed by atoms with E-state index in [4.69, 9.17) is 5.11 Å². The minimum absolute atomic E-state index is 0.112. The lowest BCUT2D eigenvalue weighted by atomic mass is 9.86. The van der Waals surface area contributed by atoms with Crippen molar-refractivity contribution in [1.82, 2.24) is 14.8 Å². The van der Waals surface area contributed by atoms with Crippen molar-refractivity contribution in [3.05, 3.63) is 12.2 Å². The van der Waals surface area contributed by atoms with Gasteiger partial charge in [0.2, 0.25) is 0 Å². The van der Waals surface area contributed by atoms with Gasteiger partial charge in [0.25, 0.3) is 5.82 Å². The molecule has 0 saturated heterocycles. The Morgan fingerprint density at radius 2 is 2.46 bits per heavy atom. The summed E-state index contributed by atoms with van der Waals surface area (Å²) in [7, 11) is 0. The number of hydrogen-bond acceptors (Lipinski definition) is 3. The molecule has 1 aromatic rings. The predicted octanol–water partition coefficient (Wildman–Crippen LogP) is 0.776. The van der Waals surface area contributed by atoms with E-state index in [1.807, 2.05) is 0 Å². The number of carboxylic acids is 1. The smallest absolute Gasteiger partial charge is 0.375 e. The molecule has 5 heteroatoms. The first-order valence-corrected chi connectivity index (χ1v) is 4.38. The number of hydrogen-bond donors (Lipinski definition) is 1. The molecule has 5 nitrogen and oxygen atoms in total. The highest BCUT2D eigenvalue weighted by molar-refractivity contribution is 5.82. The van der Waals surface area contributed by atoms with E-state index < -0.39 is 5.97 Å². The molecule has 70 valence electrons. The largest absolute Gasteiger partial charge is 0.475 e. The molecule has 1 saturated carbocycles. The van der Waals surface area contributed by atoms with Gasteiger partial charge in [0.05, 0.1) is 0 Å². The molecule has 0 aromatic carbocycles. The second-order valence-electron chi connectivity index (χ2n) is 3.39. The summed E-state index contributed by atoms with van der Waals surface area (Å²) in [4.78, 5) is 14.1. The van der Waals surface area contributed by atoms with Gasteiger partial charge < -0.3 is 5.11 Å². The summed E-state index contributed by atoms with van der Waals surface area (Å²) < 4.78 is 1.62. The van der Waals surface area contributed by atoms with Crippen LogP contribution in [0.4, 0.5) is 0 Å². The summed E-state index contributed by atoms with van der Waals surface area (Å²) in [5, 5.41) is 12.4. The predicted molar refractivity (Wildman–Crippen MR) is 44.3 cm³/mol. The van der Waals surface area contributed by atoms with Crippen LogP contribution in [0.2, 0.25) is 0 Å². The zero-order valence-electron chi connectivity index (χ0n) is 7.18. The van der Waals surface area contributed by atoms with Gasteiger partial charge in [0, 0.05) is 6.54 Å². The van der Waals surface area contributed by atoms with E-state index in [2.05, 4.69) is 10.1 Å². The number of aromatic nitrogens is 3. The Balaban J connectivity index is 2.00. The Morgan fingerprint density at radius 1 is 1.69 bits per heavy atom. The maximum Gasteiger partial charge on any atom is 0.375 e. The molecule has 1 N–H and O–H groups in total. The van der Waals surface area contributed by atoms with E-state index in [1.165, 1.54) is 25.6 Å². The van der Waals surface area contributed by atoms with Crippen LogP contribution in [0.25, 0.3) is 0 Å². The van der Waals surface area contributed by atoms with Crippen LogP contribution in [0.1, 0.15) is 29.9 Å². The van der Waals surface area contributed by atoms with E-state index in [9.17, 15) is 4.79 Å². The SMILES string of the molecule is O=C(O)c1ncn(CC2CCC2)n1. The molecule has 0 bridgehead atoms. The number of rotatable bonds is 3. The fourth-order valence-corrected chi connectivity index (χ4v) is 1.42. The summed E-state index contributed by atoms with van der Waals surface area (Å²) in [5.74, 6) is -0.505. The topological polar surface area (TPSA) is 68.0 Å². The van der Waals surface area contributed by atoms with Crippen LogP contribution in [-0.2, 0) is 6.54 Å². The minimum Gasteiger partial charge on any atom is -0.475 e. The highest BCUT2D eigenvalue weighted by Gasteiger charge is 2.19. The van der Waals surface area contributed by atoms with Crippen LogP contribution in [0.3, 0.4) is 0 Å². The summed E-state index contributed by atoms with van der Waals surface area (Å²) in [5.41, 5.74) is 0. The molecule has 13 heavy (non-hydrogen) atoms. The van der Waals surface area contributed by atoms with Gasteiger partial charge in [-0.2, -0.15) is 0 Å². The average molecular weight is 181 g/mol. The van der Waals surface area contributed by atoms with Gasteiger partial charge in [0.15, 0.2) is 0 Å². The Kier molecular flexibility index (Phi) is 2.00. The Morgan fingerprint density at radius 3 is 2.92 bits per heavy atom. The standard InChI is InChI=1S/C8H11N3O2/c12-8(13)7-9-5-11(10-7)4-6-2-1-3-6/h5-6H,1-4H2,(H,12,13). The highest BCUT2D eigenvalue weighted by Crippen LogP contribution is 2.27. The maximum atomic E-state index is 10.4. The van der Waals surface area contributed by atoms with Crippen molar-refractivity contribution < 1.29 is 9.90 Å². The highest BCUT2D eigenvalue weighted by atomic mass is 16.4. The van der Waals surface area contributed by atoms with Crippen molar-refractivity contribution in [3.8, 4) is 0 Å². The minimum atomic E-state index is -1.06. The molecule has 0 radical (unpaired) electrons. The molecule has 1 fully saturated rings. The third-order valence-corrected chi connectivity index (χ3v) is 2.40. The summed E-state index contributed by atoms with van der Waals surface area (Å²) in [6.45, 7) is 0.806. The monoisotopic (exact) mass is 181 g/mol. The second-order valence-corrected chi connectivity index (χ2v) is 3.39. The molecule has 0 atom stereocenters. The number of carboxylic acid groups (broad SMARTS) is 1. The van der Waals surface area contributed by atoms with E-state index in [0.717, 1.165) is 6.54 Å². The molecule has 0 unspecified atom stereocenters. The molecule has 1 aliphatic rings. The fraction of sp³-hybridized carbons (Fsp3) is 0.625. The summed E-state index contributed by atoms with van der Waals surface area (Å²) in [6.07, 6.45) is 5.22. The van der Waals surface area contributed by atoms with Crippen LogP contribution >= 0.6 is 0 Å². The first-order valence-electron chi connectivity index (χ1n) is 4.38. The number of nitrogens with zero attached hydrogens (tertiary/aromatic N) is 3. The van der Waals surface area contributed by atoms with Crippen molar-refractivity contribution >= 4 is 5.97 Å². The molecule has 1 aromatic heterocycles. The fourth-order valence-electron chi connectivity index (χ4n) is 1.42. The van der Waals surface area contributed by atoms with E-state index in [1.54, 1.807) is 4.68 Å². The van der Waals surface area contributed by atoms with Crippen LogP contribution in [0, 0.1) is 5.92 Å². The molecule has 0 spiro atoms. The lowest BCUT2D eigenvalue weighted by Crippen LogP contribution is -2.18. The molecule has 1 aliphatic carbocycles.